The van der Waals surface area contributed by atoms with Crippen molar-refractivity contribution >= 4 is 23.4 Å². The number of carbonyl (C=O) groups is 3. The van der Waals surface area contributed by atoms with E-state index in [1.807, 2.05) is 0 Å². The Morgan fingerprint density at radius 2 is 1.81 bits per heavy atom. The van der Waals surface area contributed by atoms with Gasteiger partial charge in [0.2, 0.25) is 0 Å². The zero-order chi connectivity index (χ0) is 30.1. The number of nitrogens with one attached hydrogen (secondary N) is 1. The fourth-order valence-electron chi connectivity index (χ4n) is 9.02. The molecule has 1 amide bonds. The number of nitrogens with zero attached hydrogens (tertiary/aromatic N) is 1. The number of Topliss-reactive ketones (excluding diaryl/α,β-unsaturated/α-hetero) is 1. The highest BCUT2D eigenvalue weighted by Crippen LogP contribution is 2.66. The van der Waals surface area contributed by atoms with Gasteiger partial charge in [0.1, 0.15) is 17.6 Å². The first-order valence-corrected chi connectivity index (χ1v) is 15.7. The largest absolute Gasteiger partial charge is 0.508 e. The zero-order valence-corrected chi connectivity index (χ0v) is 25.5. The lowest BCUT2D eigenvalue weighted by molar-refractivity contribution is -0.147. The predicted octanol–water partition coefficient (Wildman–Crippen LogP) is 5.52. The molecule has 0 spiro atoms. The van der Waals surface area contributed by atoms with Crippen molar-refractivity contribution in [1.29, 1.82) is 0 Å². The zero-order valence-electron chi connectivity index (χ0n) is 25.5. The highest BCUT2D eigenvalue weighted by Gasteiger charge is 2.59. The number of allylic oxidation sites excluding steroid dienone is 2. The summed E-state index contributed by atoms with van der Waals surface area (Å²) in [7, 11) is 0. The Balaban J connectivity index is 1.19. The van der Waals surface area contributed by atoms with Gasteiger partial charge in [-0.3, -0.25) is 9.59 Å². The third-order valence-corrected chi connectivity index (χ3v) is 11.1. The molecule has 42 heavy (non-hydrogen) atoms. The van der Waals surface area contributed by atoms with Gasteiger partial charge >= 0.3 is 5.97 Å². The summed E-state index contributed by atoms with van der Waals surface area (Å²) in [5.74, 6) is 1.74. The van der Waals surface area contributed by atoms with Crippen LogP contribution < -0.4 is 5.32 Å². The fraction of sp³-hybridized carbons (Fsp3) is 0.647. The number of hydrogen-bond acceptors (Lipinski definition) is 7. The van der Waals surface area contributed by atoms with Crippen LogP contribution in [0.5, 0.6) is 5.75 Å². The van der Waals surface area contributed by atoms with E-state index in [-0.39, 0.29) is 42.1 Å². The van der Waals surface area contributed by atoms with E-state index >= 15 is 0 Å². The van der Waals surface area contributed by atoms with Gasteiger partial charge in [-0.05, 0) is 118 Å². The Morgan fingerprint density at radius 1 is 1.05 bits per heavy atom. The van der Waals surface area contributed by atoms with E-state index in [1.165, 1.54) is 24.8 Å². The maximum atomic E-state index is 12.7. The Morgan fingerprint density at radius 3 is 2.52 bits per heavy atom. The maximum absolute atomic E-state index is 12.7. The van der Waals surface area contributed by atoms with Gasteiger partial charge in [0.15, 0.2) is 6.61 Å². The molecule has 0 radical (unpaired) electrons. The van der Waals surface area contributed by atoms with Crippen molar-refractivity contribution < 1.29 is 29.1 Å². The van der Waals surface area contributed by atoms with E-state index in [1.54, 1.807) is 38.1 Å². The van der Waals surface area contributed by atoms with Gasteiger partial charge in [0.25, 0.3) is 5.91 Å². The number of benzene rings is 1. The number of ether oxygens (including phenoxy) is 1. The second kappa shape index (κ2) is 12.2. The predicted molar refractivity (Wildman–Crippen MR) is 160 cm³/mol. The molecule has 1 aromatic rings. The monoisotopic (exact) mass is 578 g/mol. The van der Waals surface area contributed by atoms with Crippen molar-refractivity contribution in [2.75, 3.05) is 13.2 Å². The minimum atomic E-state index is -0.867. The Labute approximate surface area is 249 Å². The van der Waals surface area contributed by atoms with Gasteiger partial charge in [0, 0.05) is 12.3 Å². The van der Waals surface area contributed by atoms with Crippen LogP contribution in [0.1, 0.15) is 84.6 Å². The minimum Gasteiger partial charge on any atom is -0.508 e. The van der Waals surface area contributed by atoms with Crippen LogP contribution in [0.2, 0.25) is 0 Å². The van der Waals surface area contributed by atoms with Gasteiger partial charge in [-0.25, -0.2) is 4.79 Å². The molecule has 4 aliphatic carbocycles. The Bertz CT molecular complexity index is 1250. The smallest absolute Gasteiger partial charge is 0.328 e. The van der Waals surface area contributed by atoms with Crippen LogP contribution in [0.3, 0.4) is 0 Å². The van der Waals surface area contributed by atoms with Crippen molar-refractivity contribution in [3.63, 3.8) is 0 Å². The minimum absolute atomic E-state index is 0.132. The van der Waals surface area contributed by atoms with Gasteiger partial charge in [-0.15, -0.1) is 0 Å². The summed E-state index contributed by atoms with van der Waals surface area (Å²) in [5, 5.41) is 16.6. The normalized spacial score (nSPS) is 33.4. The summed E-state index contributed by atoms with van der Waals surface area (Å²) in [4.78, 5) is 43.1. The first-order chi connectivity index (χ1) is 20.0. The molecular formula is C34H46N2O6. The third-order valence-electron chi connectivity index (χ3n) is 11.1. The number of hydrogen-bond donors (Lipinski definition) is 2. The van der Waals surface area contributed by atoms with Crippen LogP contribution in [-0.4, -0.2) is 47.7 Å². The van der Waals surface area contributed by atoms with Crippen molar-refractivity contribution in [1.82, 2.24) is 5.32 Å². The van der Waals surface area contributed by atoms with E-state index in [2.05, 4.69) is 30.4 Å². The third kappa shape index (κ3) is 5.86. The summed E-state index contributed by atoms with van der Waals surface area (Å²) in [5.41, 5.74) is 3.40. The number of carbonyl (C=O) groups excluding carboxylic acids is 3. The van der Waals surface area contributed by atoms with E-state index < -0.39 is 17.9 Å². The van der Waals surface area contributed by atoms with E-state index in [0.29, 0.717) is 23.5 Å². The second-order valence-electron chi connectivity index (χ2n) is 13.4. The lowest BCUT2D eigenvalue weighted by Gasteiger charge is -2.58. The number of aromatic hydroxyl groups is 1. The molecule has 4 aliphatic rings. The lowest BCUT2D eigenvalue weighted by atomic mass is 9.46. The van der Waals surface area contributed by atoms with Crippen molar-refractivity contribution in [2.45, 2.75) is 91.5 Å². The highest BCUT2D eigenvalue weighted by molar-refractivity contribution is 5.96. The molecule has 2 N–H and O–H groups in total. The van der Waals surface area contributed by atoms with Crippen LogP contribution in [0.4, 0.5) is 0 Å². The number of phenols is 1. The molecule has 0 saturated heterocycles. The number of rotatable bonds is 9. The fourth-order valence-corrected chi connectivity index (χ4v) is 9.02. The molecule has 0 bridgehead atoms. The average molecular weight is 579 g/mol. The number of ketones is 1. The van der Waals surface area contributed by atoms with Crippen molar-refractivity contribution in [2.24, 2.45) is 39.7 Å². The van der Waals surface area contributed by atoms with Crippen molar-refractivity contribution in [3.05, 3.63) is 41.5 Å². The number of phenolic OH excluding ortho intramolecular Hbond substituents is 1. The summed E-state index contributed by atoms with van der Waals surface area (Å²) in [6.07, 6.45) is 11.0. The molecule has 3 fully saturated rings. The SMILES string of the molecule is CCOC(=O)[C@H](Cc1ccc(O)cc1)NC(=O)CON=C1C=C2CC[C@H]3[C@H]4CC[C@H](C(C)=O)[C@]4(C)CC[C@@H]3[C@]2(C)CC1. The summed E-state index contributed by atoms with van der Waals surface area (Å²) in [6.45, 7) is 8.25. The van der Waals surface area contributed by atoms with E-state index in [0.717, 1.165) is 43.4 Å². The van der Waals surface area contributed by atoms with Crippen LogP contribution in [0.25, 0.3) is 0 Å². The molecule has 5 rings (SSSR count). The second-order valence-corrected chi connectivity index (χ2v) is 13.4. The summed E-state index contributed by atoms with van der Waals surface area (Å²) >= 11 is 0. The summed E-state index contributed by atoms with van der Waals surface area (Å²) in [6, 6.07) is 5.62. The van der Waals surface area contributed by atoms with Gasteiger partial charge < -0.3 is 20.0 Å². The van der Waals surface area contributed by atoms with Crippen LogP contribution in [-0.2, 0) is 30.4 Å². The molecule has 8 nitrogen and oxygen atoms in total. The quantitative estimate of drug-likeness (QED) is 0.295. The Kier molecular flexibility index (Phi) is 8.81. The molecule has 7 atom stereocenters. The molecule has 8 heteroatoms. The number of oxime groups is 1. The highest BCUT2D eigenvalue weighted by atomic mass is 16.6. The summed E-state index contributed by atoms with van der Waals surface area (Å²) < 4.78 is 5.15. The van der Waals surface area contributed by atoms with Crippen LogP contribution in [0.15, 0.2) is 41.1 Å². The molecule has 1 aromatic carbocycles. The van der Waals surface area contributed by atoms with Gasteiger partial charge in [0.05, 0.1) is 12.3 Å². The molecule has 0 unspecified atom stereocenters. The van der Waals surface area contributed by atoms with E-state index in [9.17, 15) is 19.5 Å². The van der Waals surface area contributed by atoms with Gasteiger partial charge in [-0.1, -0.05) is 36.7 Å². The van der Waals surface area contributed by atoms with Gasteiger partial charge in [-0.2, -0.15) is 0 Å². The molecule has 0 aliphatic heterocycles. The first-order valence-electron chi connectivity index (χ1n) is 15.7. The van der Waals surface area contributed by atoms with Crippen molar-refractivity contribution in [3.8, 4) is 5.75 Å². The number of fused-ring (bicyclic) bond motifs is 5. The number of amides is 1. The molecule has 3 saturated carbocycles. The molecule has 0 heterocycles. The molecule has 0 aromatic heterocycles. The standard InChI is InChI=1S/C34H46N2O6/c1-5-41-32(40)30(18-22-6-9-25(38)10-7-22)35-31(39)20-42-36-24-14-16-33(3)23(19-24)8-11-26-28-13-12-27(21(2)37)34(28,4)17-15-29(26)33/h6-7,9-10,19,26-30,38H,5,8,11-18,20H2,1-4H3,(H,35,39)/t26-,27+,28+,29-,30-,33+,34-/m0/s1. The first kappa shape index (κ1) is 30.3. The average Bonchev–Trinajstić information content (AvgIpc) is 3.31. The maximum Gasteiger partial charge on any atom is 0.328 e. The topological polar surface area (TPSA) is 114 Å². The molecular weight excluding hydrogens is 532 g/mol. The number of esters is 1. The molecule has 228 valence electrons. The van der Waals surface area contributed by atoms with Crippen LogP contribution in [0, 0.1) is 34.5 Å². The lowest BCUT2D eigenvalue weighted by Crippen LogP contribution is -2.51. The van der Waals surface area contributed by atoms with E-state index in [4.69, 9.17) is 9.57 Å². The van der Waals surface area contributed by atoms with Crippen LogP contribution >= 0.6 is 0 Å². The Hall–Kier alpha value is -3.16.